The van der Waals surface area contributed by atoms with Crippen LogP contribution in [0.5, 0.6) is 0 Å². The van der Waals surface area contributed by atoms with Crippen molar-refractivity contribution >= 4 is 11.9 Å². The first-order chi connectivity index (χ1) is 8.52. The van der Waals surface area contributed by atoms with Gasteiger partial charge in [-0.3, -0.25) is 4.79 Å². The predicted molar refractivity (Wildman–Crippen MR) is 65.9 cm³/mol. The Balaban J connectivity index is 2.42. The van der Waals surface area contributed by atoms with Crippen LogP contribution in [-0.2, 0) is 16.0 Å². The summed E-state index contributed by atoms with van der Waals surface area (Å²) in [7, 11) is 0. The van der Waals surface area contributed by atoms with Crippen molar-refractivity contribution < 1.29 is 14.7 Å². The van der Waals surface area contributed by atoms with Crippen LogP contribution < -0.4 is 5.73 Å². The fraction of sp³-hybridized carbons (Fsp3) is 0.385. The maximum Gasteiger partial charge on any atom is 0.331 e. The molecule has 2 rings (SSSR count). The Bertz CT molecular complexity index is 485. The molecule has 18 heavy (non-hydrogen) atoms. The minimum atomic E-state index is -1.02. The SMILES string of the molecule is C[C@@H](N)C(=O)N1CCc2ccccc2C1C(=O)O. The van der Waals surface area contributed by atoms with Crippen LogP contribution in [0.3, 0.4) is 0 Å². The normalized spacial score (nSPS) is 20.1. The lowest BCUT2D eigenvalue weighted by atomic mass is 9.92. The maximum atomic E-state index is 12.0. The lowest BCUT2D eigenvalue weighted by molar-refractivity contribution is -0.151. The summed E-state index contributed by atoms with van der Waals surface area (Å²) in [4.78, 5) is 24.7. The fourth-order valence-corrected chi connectivity index (χ4v) is 2.33. The van der Waals surface area contributed by atoms with Gasteiger partial charge in [-0.2, -0.15) is 0 Å². The second kappa shape index (κ2) is 4.78. The van der Waals surface area contributed by atoms with Gasteiger partial charge in [0.15, 0.2) is 6.04 Å². The van der Waals surface area contributed by atoms with Crippen molar-refractivity contribution in [1.82, 2.24) is 4.90 Å². The number of hydrogen-bond acceptors (Lipinski definition) is 3. The van der Waals surface area contributed by atoms with E-state index in [1.54, 1.807) is 19.1 Å². The van der Waals surface area contributed by atoms with Crippen LogP contribution in [-0.4, -0.2) is 34.5 Å². The highest BCUT2D eigenvalue weighted by Crippen LogP contribution is 2.30. The van der Waals surface area contributed by atoms with E-state index in [1.165, 1.54) is 4.90 Å². The molecule has 5 nitrogen and oxygen atoms in total. The molecule has 0 saturated heterocycles. The van der Waals surface area contributed by atoms with Crippen molar-refractivity contribution in [3.8, 4) is 0 Å². The Morgan fingerprint density at radius 1 is 1.44 bits per heavy atom. The lowest BCUT2D eigenvalue weighted by Gasteiger charge is -2.35. The van der Waals surface area contributed by atoms with Crippen molar-refractivity contribution in [2.45, 2.75) is 25.4 Å². The van der Waals surface area contributed by atoms with Crippen LogP contribution in [0.1, 0.15) is 24.1 Å². The van der Waals surface area contributed by atoms with E-state index in [4.69, 9.17) is 5.73 Å². The largest absolute Gasteiger partial charge is 0.479 e. The summed E-state index contributed by atoms with van der Waals surface area (Å²) < 4.78 is 0. The highest BCUT2D eigenvalue weighted by atomic mass is 16.4. The minimum Gasteiger partial charge on any atom is -0.479 e. The van der Waals surface area contributed by atoms with Gasteiger partial charge in [0, 0.05) is 6.54 Å². The molecule has 96 valence electrons. The number of carboxylic acid groups (broad SMARTS) is 1. The van der Waals surface area contributed by atoms with Crippen LogP contribution in [0, 0.1) is 0 Å². The van der Waals surface area contributed by atoms with Gasteiger partial charge < -0.3 is 15.7 Å². The first-order valence-electron chi connectivity index (χ1n) is 5.89. The van der Waals surface area contributed by atoms with Crippen molar-refractivity contribution in [3.63, 3.8) is 0 Å². The van der Waals surface area contributed by atoms with Gasteiger partial charge in [-0.05, 0) is 24.5 Å². The molecule has 2 atom stereocenters. The molecular weight excluding hydrogens is 232 g/mol. The summed E-state index contributed by atoms with van der Waals surface area (Å²) in [5.74, 6) is -1.34. The third-order valence-corrected chi connectivity index (χ3v) is 3.19. The van der Waals surface area contributed by atoms with Crippen LogP contribution in [0.4, 0.5) is 0 Å². The molecule has 0 aliphatic carbocycles. The molecule has 1 amide bonds. The quantitative estimate of drug-likeness (QED) is 0.800. The maximum absolute atomic E-state index is 12.0. The molecule has 0 spiro atoms. The minimum absolute atomic E-state index is 0.322. The standard InChI is InChI=1S/C13H16N2O3/c1-8(14)12(16)15-7-6-9-4-2-3-5-10(9)11(15)13(17)18/h2-5,8,11H,6-7,14H2,1H3,(H,17,18)/t8-,11?/m1/s1. The number of carbonyl (C=O) groups excluding carboxylic acids is 1. The van der Waals surface area contributed by atoms with E-state index in [-0.39, 0.29) is 5.91 Å². The van der Waals surface area contributed by atoms with Gasteiger partial charge in [-0.1, -0.05) is 24.3 Å². The Kier molecular flexibility index (Phi) is 3.34. The van der Waals surface area contributed by atoms with Crippen molar-refractivity contribution in [3.05, 3.63) is 35.4 Å². The molecule has 1 unspecified atom stereocenters. The van der Waals surface area contributed by atoms with E-state index in [0.717, 1.165) is 5.56 Å². The number of nitrogens with zero attached hydrogens (tertiary/aromatic N) is 1. The second-order valence-corrected chi connectivity index (χ2v) is 4.51. The second-order valence-electron chi connectivity index (χ2n) is 4.51. The Morgan fingerprint density at radius 3 is 2.72 bits per heavy atom. The zero-order valence-electron chi connectivity index (χ0n) is 10.2. The number of hydrogen-bond donors (Lipinski definition) is 2. The molecule has 0 aromatic heterocycles. The number of amides is 1. The average Bonchev–Trinajstić information content (AvgIpc) is 2.36. The third-order valence-electron chi connectivity index (χ3n) is 3.19. The summed E-state index contributed by atoms with van der Waals surface area (Å²) in [5.41, 5.74) is 7.24. The molecule has 1 aromatic rings. The summed E-state index contributed by atoms with van der Waals surface area (Å²) in [6.45, 7) is 1.97. The summed E-state index contributed by atoms with van der Waals surface area (Å²) in [6.07, 6.45) is 0.665. The Morgan fingerprint density at radius 2 is 2.11 bits per heavy atom. The van der Waals surface area contributed by atoms with Crippen molar-refractivity contribution in [2.24, 2.45) is 5.73 Å². The fourth-order valence-electron chi connectivity index (χ4n) is 2.33. The molecule has 0 saturated carbocycles. The lowest BCUT2D eigenvalue weighted by Crippen LogP contribution is -2.49. The van der Waals surface area contributed by atoms with Gasteiger partial charge in [-0.15, -0.1) is 0 Å². The van der Waals surface area contributed by atoms with E-state index in [2.05, 4.69) is 0 Å². The van der Waals surface area contributed by atoms with Crippen LogP contribution >= 0.6 is 0 Å². The molecule has 0 fully saturated rings. The zero-order valence-corrected chi connectivity index (χ0v) is 10.2. The molecule has 1 aliphatic rings. The number of benzene rings is 1. The number of nitrogens with two attached hydrogens (primary N) is 1. The van der Waals surface area contributed by atoms with Gasteiger partial charge in [0.2, 0.25) is 5.91 Å². The van der Waals surface area contributed by atoms with Crippen molar-refractivity contribution in [2.75, 3.05) is 6.54 Å². The highest BCUT2D eigenvalue weighted by molar-refractivity contribution is 5.88. The smallest absolute Gasteiger partial charge is 0.331 e. The molecule has 1 heterocycles. The molecule has 0 bridgehead atoms. The van der Waals surface area contributed by atoms with Crippen LogP contribution in [0.15, 0.2) is 24.3 Å². The number of fused-ring (bicyclic) bond motifs is 1. The molecule has 0 radical (unpaired) electrons. The summed E-state index contributed by atoms with van der Waals surface area (Å²) in [6, 6.07) is 5.72. The number of rotatable bonds is 2. The first kappa shape index (κ1) is 12.6. The number of aliphatic carboxylic acids is 1. The molecule has 1 aromatic carbocycles. The van der Waals surface area contributed by atoms with E-state index < -0.39 is 18.1 Å². The average molecular weight is 248 g/mol. The van der Waals surface area contributed by atoms with Gasteiger partial charge in [-0.25, -0.2) is 4.79 Å². The zero-order chi connectivity index (χ0) is 13.3. The van der Waals surface area contributed by atoms with Gasteiger partial charge in [0.05, 0.1) is 6.04 Å². The molecule has 1 aliphatic heterocycles. The monoisotopic (exact) mass is 248 g/mol. The van der Waals surface area contributed by atoms with E-state index >= 15 is 0 Å². The molecule has 3 N–H and O–H groups in total. The topological polar surface area (TPSA) is 83.6 Å². The Hall–Kier alpha value is -1.88. The van der Waals surface area contributed by atoms with Gasteiger partial charge in [0.25, 0.3) is 0 Å². The highest BCUT2D eigenvalue weighted by Gasteiger charge is 2.36. The first-order valence-corrected chi connectivity index (χ1v) is 5.89. The molecular formula is C13H16N2O3. The summed E-state index contributed by atoms with van der Waals surface area (Å²) in [5, 5.41) is 9.35. The number of carboxylic acids is 1. The van der Waals surface area contributed by atoms with Crippen LogP contribution in [0.2, 0.25) is 0 Å². The van der Waals surface area contributed by atoms with E-state index in [0.29, 0.717) is 18.5 Å². The van der Waals surface area contributed by atoms with Gasteiger partial charge >= 0.3 is 5.97 Å². The Labute approximate surface area is 105 Å². The predicted octanol–water partition coefficient (Wildman–Crippen LogP) is 0.544. The molecule has 5 heteroatoms. The summed E-state index contributed by atoms with van der Waals surface area (Å²) >= 11 is 0. The van der Waals surface area contributed by atoms with Crippen molar-refractivity contribution in [1.29, 1.82) is 0 Å². The van der Waals surface area contributed by atoms with Crippen LogP contribution in [0.25, 0.3) is 0 Å². The number of carbonyl (C=O) groups is 2. The van der Waals surface area contributed by atoms with E-state index in [1.807, 2.05) is 12.1 Å². The third kappa shape index (κ3) is 2.09. The van der Waals surface area contributed by atoms with Gasteiger partial charge in [0.1, 0.15) is 0 Å². The van der Waals surface area contributed by atoms with E-state index in [9.17, 15) is 14.7 Å².